The highest BCUT2D eigenvalue weighted by atomic mass is 19.4. The maximum absolute atomic E-state index is 12.4. The second kappa shape index (κ2) is 5.61. The lowest BCUT2D eigenvalue weighted by Crippen LogP contribution is -2.54. The van der Waals surface area contributed by atoms with E-state index in [0.717, 1.165) is 5.56 Å². The lowest BCUT2D eigenvalue weighted by atomic mass is 9.86. The second-order valence-electron chi connectivity index (χ2n) is 4.46. The normalized spacial score (nSPS) is 15.0. The minimum atomic E-state index is -4.40. The minimum Gasteiger partial charge on any atom is -0.368 e. The molecule has 0 heterocycles. The van der Waals surface area contributed by atoms with Gasteiger partial charge in [0, 0.05) is 0 Å². The van der Waals surface area contributed by atoms with E-state index in [1.54, 1.807) is 31.2 Å². The molecule has 0 aliphatic rings. The molecule has 1 atom stereocenters. The number of hydrogen-bond acceptors (Lipinski definition) is 2. The third-order valence-electron chi connectivity index (χ3n) is 3.09. The monoisotopic (exact) mass is 274 g/mol. The van der Waals surface area contributed by atoms with Crippen molar-refractivity contribution in [2.24, 2.45) is 5.73 Å². The quantitative estimate of drug-likeness (QED) is 0.865. The van der Waals surface area contributed by atoms with Gasteiger partial charge in [0.25, 0.3) is 0 Å². The largest absolute Gasteiger partial charge is 0.401 e. The summed E-state index contributed by atoms with van der Waals surface area (Å²) in [5.74, 6) is -0.817. The smallest absolute Gasteiger partial charge is 0.368 e. The zero-order valence-electron chi connectivity index (χ0n) is 10.8. The maximum Gasteiger partial charge on any atom is 0.401 e. The molecule has 1 aromatic carbocycles. The average Bonchev–Trinajstić information content (AvgIpc) is 2.30. The molecule has 0 aromatic heterocycles. The van der Waals surface area contributed by atoms with Crippen molar-refractivity contribution >= 4 is 5.91 Å². The van der Waals surface area contributed by atoms with Gasteiger partial charge in [-0.15, -0.1) is 0 Å². The van der Waals surface area contributed by atoms with E-state index in [1.807, 2.05) is 6.92 Å². The highest BCUT2D eigenvalue weighted by Gasteiger charge is 2.40. The molecule has 0 bridgehead atoms. The molecular weight excluding hydrogens is 257 g/mol. The average molecular weight is 274 g/mol. The molecule has 0 spiro atoms. The van der Waals surface area contributed by atoms with Gasteiger partial charge in [-0.3, -0.25) is 10.1 Å². The third-order valence-corrected chi connectivity index (χ3v) is 3.09. The van der Waals surface area contributed by atoms with Crippen LogP contribution in [0.2, 0.25) is 0 Å². The molecule has 0 fully saturated rings. The van der Waals surface area contributed by atoms with Crippen molar-refractivity contribution in [2.75, 3.05) is 6.54 Å². The van der Waals surface area contributed by atoms with E-state index in [1.165, 1.54) is 0 Å². The Morgan fingerprint density at radius 3 is 2.16 bits per heavy atom. The summed E-state index contributed by atoms with van der Waals surface area (Å²) < 4.78 is 37.1. The summed E-state index contributed by atoms with van der Waals surface area (Å²) in [7, 11) is 0. The summed E-state index contributed by atoms with van der Waals surface area (Å²) in [4.78, 5) is 11.6. The van der Waals surface area contributed by atoms with Gasteiger partial charge in [-0.25, -0.2) is 0 Å². The van der Waals surface area contributed by atoms with Crippen LogP contribution in [0, 0.1) is 6.92 Å². The molecule has 3 N–H and O–H groups in total. The van der Waals surface area contributed by atoms with Crippen LogP contribution < -0.4 is 11.1 Å². The first kappa shape index (κ1) is 15.5. The predicted molar refractivity (Wildman–Crippen MR) is 66.4 cm³/mol. The number of aryl methyl sites for hydroxylation is 1. The predicted octanol–water partition coefficient (Wildman–Crippen LogP) is 2.24. The number of halogens is 3. The highest BCUT2D eigenvalue weighted by molar-refractivity contribution is 5.86. The summed E-state index contributed by atoms with van der Waals surface area (Å²) in [6, 6.07) is 6.70. The van der Waals surface area contributed by atoms with Gasteiger partial charge in [0.2, 0.25) is 5.91 Å². The molecule has 1 amide bonds. The van der Waals surface area contributed by atoms with E-state index in [9.17, 15) is 18.0 Å². The Morgan fingerprint density at radius 2 is 1.79 bits per heavy atom. The molecule has 106 valence electrons. The fourth-order valence-corrected chi connectivity index (χ4v) is 1.92. The summed E-state index contributed by atoms with van der Waals surface area (Å²) >= 11 is 0. The Labute approximate surface area is 110 Å². The van der Waals surface area contributed by atoms with Crippen molar-refractivity contribution in [3.05, 3.63) is 35.4 Å². The van der Waals surface area contributed by atoms with E-state index in [-0.39, 0.29) is 6.42 Å². The number of carbonyl (C=O) groups is 1. The first-order valence-corrected chi connectivity index (χ1v) is 5.90. The lowest BCUT2D eigenvalue weighted by Gasteiger charge is -2.31. The highest BCUT2D eigenvalue weighted by Crippen LogP contribution is 2.27. The van der Waals surface area contributed by atoms with Gasteiger partial charge in [0.05, 0.1) is 6.54 Å². The van der Waals surface area contributed by atoms with E-state index in [0.29, 0.717) is 5.56 Å². The van der Waals surface area contributed by atoms with Crippen LogP contribution in [-0.4, -0.2) is 18.6 Å². The number of hydrogen-bond donors (Lipinski definition) is 2. The Hall–Kier alpha value is -1.56. The van der Waals surface area contributed by atoms with Gasteiger partial charge in [0.15, 0.2) is 0 Å². The Bertz CT molecular complexity index is 442. The summed E-state index contributed by atoms with van der Waals surface area (Å²) in [5.41, 5.74) is 5.21. The first-order valence-electron chi connectivity index (χ1n) is 5.90. The van der Waals surface area contributed by atoms with Crippen LogP contribution in [0.4, 0.5) is 13.2 Å². The number of amides is 1. The minimum absolute atomic E-state index is 0.140. The fraction of sp³-hybridized carbons (Fsp3) is 0.462. The van der Waals surface area contributed by atoms with Crippen molar-refractivity contribution in [2.45, 2.75) is 32.0 Å². The van der Waals surface area contributed by atoms with Crippen LogP contribution in [-0.2, 0) is 10.3 Å². The third kappa shape index (κ3) is 3.70. The topological polar surface area (TPSA) is 55.1 Å². The van der Waals surface area contributed by atoms with E-state index in [4.69, 9.17) is 5.73 Å². The van der Waals surface area contributed by atoms with Gasteiger partial charge in [-0.1, -0.05) is 36.8 Å². The van der Waals surface area contributed by atoms with Crippen molar-refractivity contribution in [1.82, 2.24) is 5.32 Å². The van der Waals surface area contributed by atoms with Crippen molar-refractivity contribution < 1.29 is 18.0 Å². The molecule has 19 heavy (non-hydrogen) atoms. The molecule has 0 saturated carbocycles. The van der Waals surface area contributed by atoms with Crippen molar-refractivity contribution in [1.29, 1.82) is 0 Å². The summed E-state index contributed by atoms with van der Waals surface area (Å²) in [5, 5.41) is 2.26. The molecule has 1 unspecified atom stereocenters. The SMILES string of the molecule is CCC(NCC(F)(F)F)(C(N)=O)c1ccc(C)cc1. The lowest BCUT2D eigenvalue weighted by molar-refractivity contribution is -0.136. The number of rotatable bonds is 5. The number of nitrogens with two attached hydrogens (primary N) is 1. The number of alkyl halides is 3. The van der Waals surface area contributed by atoms with E-state index >= 15 is 0 Å². The second-order valence-corrected chi connectivity index (χ2v) is 4.46. The molecule has 3 nitrogen and oxygen atoms in total. The van der Waals surface area contributed by atoms with Gasteiger partial charge in [-0.2, -0.15) is 13.2 Å². The fourth-order valence-electron chi connectivity index (χ4n) is 1.92. The van der Waals surface area contributed by atoms with Crippen LogP contribution in [0.3, 0.4) is 0 Å². The summed E-state index contributed by atoms with van der Waals surface area (Å²) in [6.45, 7) is 2.20. The van der Waals surface area contributed by atoms with Crippen LogP contribution >= 0.6 is 0 Å². The van der Waals surface area contributed by atoms with E-state index < -0.39 is 24.2 Å². The molecule has 6 heteroatoms. The molecule has 0 saturated heterocycles. The number of nitrogens with one attached hydrogen (secondary N) is 1. The molecular formula is C13H17F3N2O. The van der Waals surface area contributed by atoms with Crippen LogP contribution in [0.5, 0.6) is 0 Å². The molecule has 1 aromatic rings. The Morgan fingerprint density at radius 1 is 1.26 bits per heavy atom. The zero-order valence-corrected chi connectivity index (χ0v) is 10.8. The van der Waals surface area contributed by atoms with Gasteiger partial charge in [-0.05, 0) is 18.9 Å². The summed E-state index contributed by atoms with van der Waals surface area (Å²) in [6.07, 6.45) is -4.26. The number of benzene rings is 1. The van der Waals surface area contributed by atoms with Crippen LogP contribution in [0.1, 0.15) is 24.5 Å². The van der Waals surface area contributed by atoms with Crippen molar-refractivity contribution in [3.8, 4) is 0 Å². The first-order chi connectivity index (χ1) is 8.71. The Balaban J connectivity index is 3.12. The molecule has 0 aliphatic heterocycles. The maximum atomic E-state index is 12.4. The standard InChI is InChI=1S/C13H17F3N2O/c1-3-12(11(17)19,18-8-13(14,15)16)10-6-4-9(2)5-7-10/h4-7,18H,3,8H2,1-2H3,(H2,17,19). The van der Waals surface area contributed by atoms with Gasteiger partial charge >= 0.3 is 6.18 Å². The van der Waals surface area contributed by atoms with Crippen molar-refractivity contribution in [3.63, 3.8) is 0 Å². The molecule has 0 aliphatic carbocycles. The number of carbonyl (C=O) groups excluding carboxylic acids is 1. The molecule has 0 radical (unpaired) electrons. The van der Waals surface area contributed by atoms with Gasteiger partial charge < -0.3 is 5.73 Å². The van der Waals surface area contributed by atoms with E-state index in [2.05, 4.69) is 5.32 Å². The molecule has 1 rings (SSSR count). The number of primary amides is 1. The Kier molecular flexibility index (Phi) is 4.57. The van der Waals surface area contributed by atoms with Crippen LogP contribution in [0.15, 0.2) is 24.3 Å². The van der Waals surface area contributed by atoms with Crippen LogP contribution in [0.25, 0.3) is 0 Å². The zero-order chi connectivity index (χ0) is 14.7. The van der Waals surface area contributed by atoms with Gasteiger partial charge in [0.1, 0.15) is 5.54 Å².